The van der Waals surface area contributed by atoms with Crippen LogP contribution < -0.4 is 5.46 Å². The Morgan fingerprint density at radius 1 is 1.43 bits per heavy atom. The Balaban J connectivity index is 2.88. The third-order valence-corrected chi connectivity index (χ3v) is 2.07. The van der Waals surface area contributed by atoms with Crippen molar-refractivity contribution in [2.75, 3.05) is 5.75 Å². The van der Waals surface area contributed by atoms with E-state index in [-0.39, 0.29) is 5.78 Å². The lowest BCUT2D eigenvalue weighted by Crippen LogP contribution is -2.30. The number of carbonyl (C=O) groups is 1. The smallest absolute Gasteiger partial charge is 0.423 e. The maximum Gasteiger partial charge on any atom is 0.488 e. The summed E-state index contributed by atoms with van der Waals surface area (Å²) < 4.78 is 0. The molecule has 0 heterocycles. The molecular formula is C9H11BO3S. The Kier molecular flexibility index (Phi) is 4.19. The highest BCUT2D eigenvalue weighted by Crippen LogP contribution is 2.02. The van der Waals surface area contributed by atoms with Crippen LogP contribution in [0, 0.1) is 0 Å². The molecule has 0 aliphatic rings. The standard InChI is InChI=1S/C9H11BO3S/c11-9(4-5-14)7-2-1-3-8(6-7)10(12)13/h1-3,6,12-14H,4-5H2. The summed E-state index contributed by atoms with van der Waals surface area (Å²) in [6.07, 6.45) is 0.355. The van der Waals surface area contributed by atoms with Gasteiger partial charge in [-0.15, -0.1) is 0 Å². The summed E-state index contributed by atoms with van der Waals surface area (Å²) in [6.45, 7) is 0. The average Bonchev–Trinajstić information content (AvgIpc) is 2.18. The monoisotopic (exact) mass is 210 g/mol. The van der Waals surface area contributed by atoms with Crippen molar-refractivity contribution in [1.29, 1.82) is 0 Å². The van der Waals surface area contributed by atoms with Crippen LogP contribution in [0.15, 0.2) is 24.3 Å². The molecular weight excluding hydrogens is 199 g/mol. The molecule has 0 aromatic heterocycles. The van der Waals surface area contributed by atoms with Crippen LogP contribution in [0.1, 0.15) is 16.8 Å². The van der Waals surface area contributed by atoms with Gasteiger partial charge in [0.2, 0.25) is 0 Å². The number of hydrogen-bond donors (Lipinski definition) is 3. The molecule has 0 aliphatic carbocycles. The SMILES string of the molecule is O=C(CCS)c1cccc(B(O)O)c1. The number of rotatable bonds is 4. The highest BCUT2D eigenvalue weighted by Gasteiger charge is 2.12. The highest BCUT2D eigenvalue weighted by atomic mass is 32.1. The van der Waals surface area contributed by atoms with Crippen molar-refractivity contribution in [2.45, 2.75) is 6.42 Å². The number of carbonyl (C=O) groups excluding carboxylic acids is 1. The molecule has 5 heteroatoms. The van der Waals surface area contributed by atoms with Crippen molar-refractivity contribution < 1.29 is 14.8 Å². The molecule has 0 unspecified atom stereocenters. The van der Waals surface area contributed by atoms with Gasteiger partial charge in [-0.25, -0.2) is 0 Å². The van der Waals surface area contributed by atoms with Crippen molar-refractivity contribution in [3.05, 3.63) is 29.8 Å². The van der Waals surface area contributed by atoms with Crippen LogP contribution in [0.5, 0.6) is 0 Å². The number of benzene rings is 1. The number of hydrogen-bond acceptors (Lipinski definition) is 4. The molecule has 0 aliphatic heterocycles. The number of thiol groups is 1. The third kappa shape index (κ3) is 2.87. The zero-order chi connectivity index (χ0) is 10.6. The molecule has 0 radical (unpaired) electrons. The van der Waals surface area contributed by atoms with Crippen LogP contribution in [-0.2, 0) is 0 Å². The summed E-state index contributed by atoms with van der Waals surface area (Å²) in [6, 6.07) is 6.32. The average molecular weight is 210 g/mol. The molecule has 0 spiro atoms. The van der Waals surface area contributed by atoms with E-state index in [1.165, 1.54) is 6.07 Å². The van der Waals surface area contributed by atoms with Crippen LogP contribution in [0.4, 0.5) is 0 Å². The summed E-state index contributed by atoms with van der Waals surface area (Å²) in [5, 5.41) is 17.8. The molecule has 0 amide bonds. The molecule has 14 heavy (non-hydrogen) atoms. The molecule has 74 valence electrons. The maximum absolute atomic E-state index is 11.4. The van der Waals surface area contributed by atoms with Gasteiger partial charge in [-0.2, -0.15) is 12.6 Å². The van der Waals surface area contributed by atoms with Crippen LogP contribution >= 0.6 is 12.6 Å². The minimum absolute atomic E-state index is 0.0394. The summed E-state index contributed by atoms with van der Waals surface area (Å²) >= 11 is 3.96. The molecule has 0 fully saturated rings. The quantitative estimate of drug-likeness (QED) is 0.368. The van der Waals surface area contributed by atoms with Crippen LogP contribution in [0.2, 0.25) is 0 Å². The van der Waals surface area contributed by atoms with Crippen LogP contribution in [-0.4, -0.2) is 28.7 Å². The van der Waals surface area contributed by atoms with Gasteiger partial charge in [0.15, 0.2) is 5.78 Å². The van der Waals surface area contributed by atoms with Gasteiger partial charge in [0.25, 0.3) is 0 Å². The number of Topliss-reactive ketones (excluding diaryl/α,β-unsaturated/α-hetero) is 1. The number of ketones is 1. The van der Waals surface area contributed by atoms with E-state index in [1.54, 1.807) is 18.2 Å². The van der Waals surface area contributed by atoms with E-state index < -0.39 is 7.12 Å². The van der Waals surface area contributed by atoms with Crippen molar-refractivity contribution in [3.8, 4) is 0 Å². The first-order valence-electron chi connectivity index (χ1n) is 4.25. The maximum atomic E-state index is 11.4. The van der Waals surface area contributed by atoms with E-state index in [4.69, 9.17) is 10.0 Å². The Bertz CT molecular complexity index is 328. The van der Waals surface area contributed by atoms with E-state index in [0.717, 1.165) is 0 Å². The Labute approximate surface area is 88.3 Å². The predicted molar refractivity (Wildman–Crippen MR) is 59.1 cm³/mol. The molecule has 0 atom stereocenters. The summed E-state index contributed by atoms with van der Waals surface area (Å²) in [5.41, 5.74) is 0.819. The molecule has 0 bridgehead atoms. The lowest BCUT2D eigenvalue weighted by Gasteiger charge is -2.02. The predicted octanol–water partition coefficient (Wildman–Crippen LogP) is -0.131. The lowest BCUT2D eigenvalue weighted by atomic mass is 9.79. The molecule has 1 aromatic rings. The Morgan fingerprint density at radius 3 is 2.71 bits per heavy atom. The van der Waals surface area contributed by atoms with Gasteiger partial charge in [0, 0.05) is 12.0 Å². The van der Waals surface area contributed by atoms with Crippen molar-refractivity contribution >= 4 is 31.0 Å². The molecule has 1 aromatic carbocycles. The summed E-state index contributed by atoms with van der Waals surface area (Å²) in [4.78, 5) is 11.4. The second kappa shape index (κ2) is 5.19. The second-order valence-electron chi connectivity index (χ2n) is 2.90. The first-order chi connectivity index (χ1) is 6.65. The summed E-state index contributed by atoms with van der Waals surface area (Å²) in [7, 11) is -1.53. The normalized spacial score (nSPS) is 9.93. The van der Waals surface area contributed by atoms with E-state index in [9.17, 15) is 4.79 Å². The molecule has 0 saturated carbocycles. The van der Waals surface area contributed by atoms with E-state index in [2.05, 4.69) is 12.6 Å². The van der Waals surface area contributed by atoms with E-state index >= 15 is 0 Å². The van der Waals surface area contributed by atoms with Crippen LogP contribution in [0.25, 0.3) is 0 Å². The topological polar surface area (TPSA) is 57.5 Å². The van der Waals surface area contributed by atoms with Gasteiger partial charge in [-0.1, -0.05) is 24.3 Å². The first-order valence-corrected chi connectivity index (χ1v) is 4.88. The fourth-order valence-electron chi connectivity index (χ4n) is 1.12. The zero-order valence-electron chi connectivity index (χ0n) is 7.55. The third-order valence-electron chi connectivity index (χ3n) is 1.85. The highest BCUT2D eigenvalue weighted by molar-refractivity contribution is 7.80. The van der Waals surface area contributed by atoms with Crippen molar-refractivity contribution in [2.24, 2.45) is 0 Å². The van der Waals surface area contributed by atoms with E-state index in [0.29, 0.717) is 23.2 Å². The fraction of sp³-hybridized carbons (Fsp3) is 0.222. The first kappa shape index (κ1) is 11.3. The zero-order valence-corrected chi connectivity index (χ0v) is 8.45. The van der Waals surface area contributed by atoms with Gasteiger partial charge in [-0.05, 0) is 11.2 Å². The Morgan fingerprint density at radius 2 is 2.14 bits per heavy atom. The van der Waals surface area contributed by atoms with Gasteiger partial charge in [0.1, 0.15) is 0 Å². The second-order valence-corrected chi connectivity index (χ2v) is 3.34. The molecule has 1 rings (SSSR count). The van der Waals surface area contributed by atoms with Gasteiger partial charge < -0.3 is 10.0 Å². The fourth-order valence-corrected chi connectivity index (χ4v) is 1.32. The molecule has 0 saturated heterocycles. The summed E-state index contributed by atoms with van der Waals surface area (Å²) in [5.74, 6) is 0.451. The van der Waals surface area contributed by atoms with E-state index in [1.807, 2.05) is 0 Å². The molecule has 3 nitrogen and oxygen atoms in total. The van der Waals surface area contributed by atoms with Gasteiger partial charge in [0.05, 0.1) is 0 Å². The largest absolute Gasteiger partial charge is 0.488 e. The Hall–Kier alpha value is -0.775. The lowest BCUT2D eigenvalue weighted by molar-refractivity contribution is 0.0989. The van der Waals surface area contributed by atoms with Crippen molar-refractivity contribution in [3.63, 3.8) is 0 Å². The van der Waals surface area contributed by atoms with Gasteiger partial charge >= 0.3 is 7.12 Å². The molecule has 2 N–H and O–H groups in total. The van der Waals surface area contributed by atoms with Crippen molar-refractivity contribution in [1.82, 2.24) is 0 Å². The van der Waals surface area contributed by atoms with Crippen LogP contribution in [0.3, 0.4) is 0 Å². The minimum atomic E-state index is -1.53. The van der Waals surface area contributed by atoms with Gasteiger partial charge in [-0.3, -0.25) is 4.79 Å². The minimum Gasteiger partial charge on any atom is -0.423 e.